The van der Waals surface area contributed by atoms with Crippen molar-refractivity contribution in [1.29, 1.82) is 0 Å². The molecule has 3 atom stereocenters. The zero-order valence-electron chi connectivity index (χ0n) is 11.8. The third-order valence-electron chi connectivity index (χ3n) is 4.25. The first kappa shape index (κ1) is 14.9. The average Bonchev–Trinajstić information content (AvgIpc) is 2.29. The number of hydrogen-bond donors (Lipinski definition) is 2. The highest BCUT2D eigenvalue weighted by molar-refractivity contribution is 4.81. The molecule has 17 heavy (non-hydrogen) atoms. The van der Waals surface area contributed by atoms with Gasteiger partial charge in [-0.15, -0.1) is 0 Å². The predicted molar refractivity (Wildman–Crippen MR) is 73.0 cm³/mol. The molecule has 0 aliphatic heterocycles. The molecule has 3 N–H and O–H groups in total. The first-order valence-electron chi connectivity index (χ1n) is 7.06. The molecule has 1 rings (SSSR count). The molecule has 0 saturated heterocycles. The van der Waals surface area contributed by atoms with E-state index < -0.39 is 5.54 Å². The van der Waals surface area contributed by atoms with Crippen molar-refractivity contribution >= 4 is 0 Å². The summed E-state index contributed by atoms with van der Waals surface area (Å²) in [5, 5.41) is 9.11. The molecular formula is C14H30N2O. The van der Waals surface area contributed by atoms with Gasteiger partial charge in [0.05, 0.1) is 6.61 Å². The Labute approximate surface area is 106 Å². The lowest BCUT2D eigenvalue weighted by molar-refractivity contribution is 0.130. The number of nitrogens with two attached hydrogens (primary N) is 1. The van der Waals surface area contributed by atoms with Crippen molar-refractivity contribution in [3.63, 3.8) is 0 Å². The summed E-state index contributed by atoms with van der Waals surface area (Å²) in [6.45, 7) is 5.48. The van der Waals surface area contributed by atoms with Gasteiger partial charge in [-0.05, 0) is 52.1 Å². The minimum atomic E-state index is -0.404. The molecule has 0 aromatic heterocycles. The van der Waals surface area contributed by atoms with E-state index in [0.29, 0.717) is 0 Å². The third-order valence-corrected chi connectivity index (χ3v) is 4.25. The molecule has 1 fully saturated rings. The molecule has 0 heterocycles. The number of rotatable bonds is 6. The van der Waals surface area contributed by atoms with Crippen LogP contribution in [0.25, 0.3) is 0 Å². The van der Waals surface area contributed by atoms with E-state index in [1.165, 1.54) is 25.7 Å². The van der Waals surface area contributed by atoms with E-state index in [4.69, 9.17) is 10.8 Å². The summed E-state index contributed by atoms with van der Waals surface area (Å²) in [5.74, 6) is 0.829. The molecule has 3 nitrogen and oxygen atoms in total. The van der Waals surface area contributed by atoms with Crippen LogP contribution in [0.1, 0.15) is 52.4 Å². The Bertz CT molecular complexity index is 218. The summed E-state index contributed by atoms with van der Waals surface area (Å²) in [6, 6.07) is 0.752. The van der Waals surface area contributed by atoms with Gasteiger partial charge in [-0.1, -0.05) is 19.8 Å². The van der Waals surface area contributed by atoms with Gasteiger partial charge in [-0.25, -0.2) is 0 Å². The molecule has 3 unspecified atom stereocenters. The van der Waals surface area contributed by atoms with Gasteiger partial charge < -0.3 is 15.7 Å². The fraction of sp³-hybridized carbons (Fsp3) is 1.00. The Morgan fingerprint density at radius 3 is 2.59 bits per heavy atom. The fourth-order valence-corrected chi connectivity index (χ4v) is 2.93. The lowest BCUT2D eigenvalue weighted by atomic mass is 9.85. The van der Waals surface area contributed by atoms with E-state index in [1.54, 1.807) is 0 Å². The van der Waals surface area contributed by atoms with E-state index >= 15 is 0 Å². The van der Waals surface area contributed by atoms with Crippen molar-refractivity contribution < 1.29 is 5.11 Å². The zero-order chi connectivity index (χ0) is 12.9. The van der Waals surface area contributed by atoms with Crippen molar-refractivity contribution in [2.24, 2.45) is 11.7 Å². The van der Waals surface area contributed by atoms with E-state index in [1.807, 2.05) is 6.92 Å². The molecule has 0 amide bonds. The smallest absolute Gasteiger partial charge is 0.0608 e. The van der Waals surface area contributed by atoms with E-state index in [2.05, 4.69) is 18.9 Å². The highest BCUT2D eigenvalue weighted by Gasteiger charge is 2.25. The average molecular weight is 242 g/mol. The number of aliphatic hydroxyl groups is 1. The number of aliphatic hydroxyl groups excluding tert-OH is 1. The van der Waals surface area contributed by atoms with Crippen LogP contribution in [-0.4, -0.2) is 41.8 Å². The minimum Gasteiger partial charge on any atom is -0.394 e. The largest absolute Gasteiger partial charge is 0.394 e. The van der Waals surface area contributed by atoms with E-state index in [0.717, 1.165) is 31.3 Å². The molecule has 1 aliphatic carbocycles. The normalized spacial score (nSPS) is 29.3. The predicted octanol–water partition coefficient (Wildman–Crippen LogP) is 1.99. The van der Waals surface area contributed by atoms with Crippen LogP contribution in [-0.2, 0) is 0 Å². The maximum Gasteiger partial charge on any atom is 0.0608 e. The molecule has 102 valence electrons. The lowest BCUT2D eigenvalue weighted by Gasteiger charge is -2.36. The summed E-state index contributed by atoms with van der Waals surface area (Å²) in [7, 11) is 2.24. The maximum absolute atomic E-state index is 9.11. The highest BCUT2D eigenvalue weighted by atomic mass is 16.3. The monoisotopic (exact) mass is 242 g/mol. The van der Waals surface area contributed by atoms with Crippen molar-refractivity contribution in [1.82, 2.24) is 4.90 Å². The Balaban J connectivity index is 2.26. The van der Waals surface area contributed by atoms with Crippen LogP contribution in [0.3, 0.4) is 0 Å². The Morgan fingerprint density at radius 1 is 1.35 bits per heavy atom. The first-order valence-corrected chi connectivity index (χ1v) is 7.06. The molecular weight excluding hydrogens is 212 g/mol. The van der Waals surface area contributed by atoms with Gasteiger partial charge >= 0.3 is 0 Å². The molecule has 1 saturated carbocycles. The summed E-state index contributed by atoms with van der Waals surface area (Å²) in [5.41, 5.74) is 5.54. The Kier molecular flexibility index (Phi) is 5.90. The summed E-state index contributed by atoms with van der Waals surface area (Å²) < 4.78 is 0. The van der Waals surface area contributed by atoms with Gasteiger partial charge in [0, 0.05) is 11.6 Å². The summed E-state index contributed by atoms with van der Waals surface area (Å²) in [4.78, 5) is 2.50. The molecule has 1 aliphatic rings. The van der Waals surface area contributed by atoms with Crippen LogP contribution in [0.5, 0.6) is 0 Å². The Hall–Kier alpha value is -0.120. The van der Waals surface area contributed by atoms with Crippen molar-refractivity contribution in [3.8, 4) is 0 Å². The van der Waals surface area contributed by atoms with Crippen LogP contribution in [0, 0.1) is 5.92 Å². The molecule has 0 radical (unpaired) electrons. The highest BCUT2D eigenvalue weighted by Crippen LogP contribution is 2.27. The Morgan fingerprint density at radius 2 is 2.00 bits per heavy atom. The van der Waals surface area contributed by atoms with Gasteiger partial charge in [0.1, 0.15) is 0 Å². The zero-order valence-corrected chi connectivity index (χ0v) is 11.8. The van der Waals surface area contributed by atoms with Gasteiger partial charge in [0.2, 0.25) is 0 Å². The van der Waals surface area contributed by atoms with Crippen LogP contribution >= 0.6 is 0 Å². The van der Waals surface area contributed by atoms with Gasteiger partial charge in [0.15, 0.2) is 0 Å². The van der Waals surface area contributed by atoms with Crippen molar-refractivity contribution in [3.05, 3.63) is 0 Å². The second-order valence-corrected chi connectivity index (χ2v) is 6.23. The topological polar surface area (TPSA) is 49.5 Å². The van der Waals surface area contributed by atoms with Gasteiger partial charge in [-0.2, -0.15) is 0 Å². The second-order valence-electron chi connectivity index (χ2n) is 6.23. The van der Waals surface area contributed by atoms with Crippen LogP contribution < -0.4 is 5.73 Å². The lowest BCUT2D eigenvalue weighted by Crippen LogP contribution is -2.42. The SMILES string of the molecule is CC1CCCCC1N(C)CCCC(C)(N)CO. The van der Waals surface area contributed by atoms with E-state index in [-0.39, 0.29) is 6.61 Å². The van der Waals surface area contributed by atoms with Crippen molar-refractivity contribution in [2.75, 3.05) is 20.2 Å². The van der Waals surface area contributed by atoms with Gasteiger partial charge in [-0.3, -0.25) is 0 Å². The summed E-state index contributed by atoms with van der Waals surface area (Å²) >= 11 is 0. The first-order chi connectivity index (χ1) is 7.96. The molecule has 0 spiro atoms. The van der Waals surface area contributed by atoms with E-state index in [9.17, 15) is 0 Å². The maximum atomic E-state index is 9.11. The molecule has 0 aromatic carbocycles. The minimum absolute atomic E-state index is 0.0799. The van der Waals surface area contributed by atoms with Gasteiger partial charge in [0.25, 0.3) is 0 Å². The van der Waals surface area contributed by atoms with Crippen LogP contribution in [0.4, 0.5) is 0 Å². The standard InChI is InChI=1S/C14H30N2O/c1-12-7-4-5-8-13(12)16(3)10-6-9-14(2,15)11-17/h12-13,17H,4-11,15H2,1-3H3. The quantitative estimate of drug-likeness (QED) is 0.749. The molecule has 3 heteroatoms. The van der Waals surface area contributed by atoms with Crippen LogP contribution in [0.2, 0.25) is 0 Å². The van der Waals surface area contributed by atoms with Crippen LogP contribution in [0.15, 0.2) is 0 Å². The molecule has 0 aromatic rings. The number of nitrogens with zero attached hydrogens (tertiary/aromatic N) is 1. The number of hydrogen-bond acceptors (Lipinski definition) is 3. The third kappa shape index (κ3) is 4.94. The summed E-state index contributed by atoms with van der Waals surface area (Å²) in [6.07, 6.45) is 7.47. The fourth-order valence-electron chi connectivity index (χ4n) is 2.93. The molecule has 0 bridgehead atoms. The second kappa shape index (κ2) is 6.72. The van der Waals surface area contributed by atoms with Crippen molar-refractivity contribution in [2.45, 2.75) is 64.0 Å².